The molecule has 0 heterocycles. The van der Waals surface area contributed by atoms with E-state index in [0.717, 1.165) is 17.1 Å². The van der Waals surface area contributed by atoms with Crippen LogP contribution in [0.5, 0.6) is 0 Å². The number of anilines is 3. The van der Waals surface area contributed by atoms with Crippen LogP contribution in [0.3, 0.4) is 0 Å². The van der Waals surface area contributed by atoms with Gasteiger partial charge in [0.25, 0.3) is 0 Å². The van der Waals surface area contributed by atoms with E-state index in [9.17, 15) is 0 Å². The summed E-state index contributed by atoms with van der Waals surface area (Å²) in [5.41, 5.74) is 16.1. The fourth-order valence-electron chi connectivity index (χ4n) is 8.07. The number of nitrogens with zero attached hydrogens (tertiary/aromatic N) is 1. The Morgan fingerprint density at radius 2 is 0.920 bits per heavy atom. The summed E-state index contributed by atoms with van der Waals surface area (Å²) in [6.07, 6.45) is 0. The second-order valence-electron chi connectivity index (χ2n) is 13.8. The second kappa shape index (κ2) is 12.1. The third-order valence-corrected chi connectivity index (χ3v) is 10.4. The minimum Gasteiger partial charge on any atom is -0.310 e. The van der Waals surface area contributed by atoms with E-state index in [0.29, 0.717) is 0 Å². The van der Waals surface area contributed by atoms with Crippen LogP contribution < -0.4 is 4.90 Å². The van der Waals surface area contributed by atoms with Gasteiger partial charge in [0.15, 0.2) is 0 Å². The molecule has 1 aliphatic carbocycles. The van der Waals surface area contributed by atoms with E-state index in [1.807, 2.05) is 0 Å². The topological polar surface area (TPSA) is 3.24 Å². The highest BCUT2D eigenvalue weighted by molar-refractivity contribution is 5.97. The molecule has 0 N–H and O–H groups in total. The Bertz CT molecular complexity index is 2500. The van der Waals surface area contributed by atoms with E-state index in [1.54, 1.807) is 0 Å². The zero-order valence-corrected chi connectivity index (χ0v) is 28.3. The standard InChI is InChI=1S/C49H37N/c1-49(2)47-27-9-8-23-45(47)46-26-13-25-44(48(46)49)36-28-30-39(31-29-36)50(40-20-10-18-37(32-40)34-14-4-3-5-15-34)41-21-11-19-38(33-41)43-24-12-17-35-16-6-7-22-42(35)43/h3-33H,1-2H3. The van der Waals surface area contributed by atoms with Crippen molar-refractivity contribution in [2.45, 2.75) is 19.3 Å². The molecule has 0 aliphatic heterocycles. The van der Waals surface area contributed by atoms with E-state index < -0.39 is 0 Å². The van der Waals surface area contributed by atoms with Crippen molar-refractivity contribution >= 4 is 27.8 Å². The first-order valence-corrected chi connectivity index (χ1v) is 17.4. The van der Waals surface area contributed by atoms with Crippen molar-refractivity contribution < 1.29 is 0 Å². The molecule has 0 saturated carbocycles. The van der Waals surface area contributed by atoms with Crippen molar-refractivity contribution in [2.24, 2.45) is 0 Å². The molecule has 0 amide bonds. The molecule has 0 bridgehead atoms. The Morgan fingerprint density at radius 1 is 0.360 bits per heavy atom. The van der Waals surface area contributed by atoms with Gasteiger partial charge in [-0.25, -0.2) is 0 Å². The van der Waals surface area contributed by atoms with E-state index in [-0.39, 0.29) is 5.41 Å². The van der Waals surface area contributed by atoms with Gasteiger partial charge >= 0.3 is 0 Å². The molecule has 8 aromatic rings. The fraction of sp³-hybridized carbons (Fsp3) is 0.0612. The van der Waals surface area contributed by atoms with Crippen molar-refractivity contribution in [1.29, 1.82) is 0 Å². The average Bonchev–Trinajstić information content (AvgIpc) is 3.42. The van der Waals surface area contributed by atoms with Crippen LogP contribution in [0.2, 0.25) is 0 Å². The lowest BCUT2D eigenvalue weighted by Gasteiger charge is -2.27. The van der Waals surface area contributed by atoms with Gasteiger partial charge in [-0.2, -0.15) is 0 Å². The third-order valence-electron chi connectivity index (χ3n) is 10.4. The predicted octanol–water partition coefficient (Wildman–Crippen LogP) is 13.6. The predicted molar refractivity (Wildman–Crippen MR) is 213 cm³/mol. The maximum absolute atomic E-state index is 2.39. The summed E-state index contributed by atoms with van der Waals surface area (Å²) in [5.74, 6) is 0. The van der Waals surface area contributed by atoms with Crippen LogP contribution in [0.15, 0.2) is 188 Å². The van der Waals surface area contributed by atoms with Gasteiger partial charge in [-0.15, -0.1) is 0 Å². The van der Waals surface area contributed by atoms with Crippen LogP contribution in [0.25, 0.3) is 55.3 Å². The normalized spacial score (nSPS) is 12.8. The molecule has 0 unspecified atom stereocenters. The molecule has 0 atom stereocenters. The number of benzene rings is 8. The van der Waals surface area contributed by atoms with Crippen LogP contribution in [0.4, 0.5) is 17.1 Å². The maximum atomic E-state index is 2.39. The molecular formula is C49H37N. The van der Waals surface area contributed by atoms with Crippen molar-refractivity contribution in [2.75, 3.05) is 4.90 Å². The molecule has 1 nitrogen and oxygen atoms in total. The molecule has 0 saturated heterocycles. The first-order valence-electron chi connectivity index (χ1n) is 17.4. The maximum Gasteiger partial charge on any atom is 0.0467 e. The van der Waals surface area contributed by atoms with Gasteiger partial charge in [0.2, 0.25) is 0 Å². The number of hydrogen-bond acceptors (Lipinski definition) is 1. The number of hydrogen-bond donors (Lipinski definition) is 0. The molecule has 0 radical (unpaired) electrons. The highest BCUT2D eigenvalue weighted by Gasteiger charge is 2.37. The molecule has 0 fully saturated rings. The Hall–Kier alpha value is -6.18. The SMILES string of the molecule is CC1(C)c2ccccc2-c2cccc(-c3ccc(N(c4cccc(-c5ccccc5)c4)c4cccc(-c5cccc6ccccc56)c4)cc3)c21. The molecule has 9 rings (SSSR count). The van der Waals surface area contributed by atoms with Gasteiger partial charge in [-0.3, -0.25) is 0 Å². The van der Waals surface area contributed by atoms with E-state index in [4.69, 9.17) is 0 Å². The van der Waals surface area contributed by atoms with Crippen molar-refractivity contribution in [3.05, 3.63) is 199 Å². The van der Waals surface area contributed by atoms with Crippen LogP contribution in [0, 0.1) is 0 Å². The number of fused-ring (bicyclic) bond motifs is 4. The first kappa shape index (κ1) is 29.9. The van der Waals surface area contributed by atoms with Gasteiger partial charge in [0.1, 0.15) is 0 Å². The van der Waals surface area contributed by atoms with Gasteiger partial charge in [-0.05, 0) is 103 Å². The zero-order chi connectivity index (χ0) is 33.7. The summed E-state index contributed by atoms with van der Waals surface area (Å²) in [6, 6.07) is 68.5. The van der Waals surface area contributed by atoms with Crippen LogP contribution >= 0.6 is 0 Å². The third kappa shape index (κ3) is 5.02. The molecule has 50 heavy (non-hydrogen) atoms. The van der Waals surface area contributed by atoms with Crippen LogP contribution in [-0.4, -0.2) is 0 Å². The van der Waals surface area contributed by atoms with Gasteiger partial charge < -0.3 is 4.90 Å². The summed E-state index contributed by atoms with van der Waals surface area (Å²) >= 11 is 0. The Morgan fingerprint density at radius 3 is 1.74 bits per heavy atom. The van der Waals surface area contributed by atoms with Gasteiger partial charge in [0, 0.05) is 22.5 Å². The Kier molecular flexibility index (Phi) is 7.21. The lowest BCUT2D eigenvalue weighted by atomic mass is 9.79. The Balaban J connectivity index is 1.17. The molecule has 0 spiro atoms. The molecular weight excluding hydrogens is 603 g/mol. The minimum atomic E-state index is -0.0762. The van der Waals surface area contributed by atoms with Crippen molar-refractivity contribution in [1.82, 2.24) is 0 Å². The van der Waals surface area contributed by atoms with Crippen molar-refractivity contribution in [3.63, 3.8) is 0 Å². The lowest BCUT2D eigenvalue weighted by molar-refractivity contribution is 0.662. The summed E-state index contributed by atoms with van der Waals surface area (Å²) in [5, 5.41) is 2.51. The summed E-state index contributed by atoms with van der Waals surface area (Å²) in [6.45, 7) is 4.72. The molecule has 1 heteroatoms. The molecule has 0 aromatic heterocycles. The summed E-state index contributed by atoms with van der Waals surface area (Å²) in [4.78, 5) is 2.39. The Labute approximate surface area is 294 Å². The second-order valence-corrected chi connectivity index (χ2v) is 13.8. The van der Waals surface area contributed by atoms with Crippen LogP contribution in [0.1, 0.15) is 25.0 Å². The van der Waals surface area contributed by atoms with Gasteiger partial charge in [-0.1, -0.05) is 166 Å². The van der Waals surface area contributed by atoms with Gasteiger partial charge in [0.05, 0.1) is 0 Å². The van der Waals surface area contributed by atoms with Crippen LogP contribution in [-0.2, 0) is 5.41 Å². The van der Waals surface area contributed by atoms with E-state index in [2.05, 4.69) is 207 Å². The fourth-order valence-corrected chi connectivity index (χ4v) is 8.07. The summed E-state index contributed by atoms with van der Waals surface area (Å²) in [7, 11) is 0. The van der Waals surface area contributed by atoms with Crippen molar-refractivity contribution in [3.8, 4) is 44.5 Å². The lowest BCUT2D eigenvalue weighted by Crippen LogP contribution is -2.16. The highest BCUT2D eigenvalue weighted by Crippen LogP contribution is 2.52. The molecule has 238 valence electrons. The first-order chi connectivity index (χ1) is 24.6. The smallest absolute Gasteiger partial charge is 0.0467 e. The largest absolute Gasteiger partial charge is 0.310 e. The monoisotopic (exact) mass is 639 g/mol. The average molecular weight is 640 g/mol. The quantitative estimate of drug-likeness (QED) is 0.175. The molecule has 8 aromatic carbocycles. The minimum absolute atomic E-state index is 0.0762. The molecule has 1 aliphatic rings. The van der Waals surface area contributed by atoms with E-state index in [1.165, 1.54) is 66.4 Å². The van der Waals surface area contributed by atoms with E-state index >= 15 is 0 Å². The number of rotatable bonds is 6. The summed E-state index contributed by atoms with van der Waals surface area (Å²) < 4.78 is 0. The zero-order valence-electron chi connectivity index (χ0n) is 28.3. The highest BCUT2D eigenvalue weighted by atomic mass is 15.1.